The minimum Gasteiger partial charge on any atom is -0.314 e. The van der Waals surface area contributed by atoms with Crippen LogP contribution < -0.4 is 5.32 Å². The van der Waals surface area contributed by atoms with Crippen molar-refractivity contribution in [3.05, 3.63) is 42.2 Å². The zero-order chi connectivity index (χ0) is 14.6. The predicted molar refractivity (Wildman–Crippen MR) is 87.0 cm³/mol. The van der Waals surface area contributed by atoms with Gasteiger partial charge in [-0.15, -0.1) is 0 Å². The Bertz CT molecular complexity index is 549. The van der Waals surface area contributed by atoms with Gasteiger partial charge in [0.25, 0.3) is 0 Å². The first kappa shape index (κ1) is 15.0. The number of benzene rings is 1. The summed E-state index contributed by atoms with van der Waals surface area (Å²) in [6, 6.07) is 9.17. The van der Waals surface area contributed by atoms with Crippen LogP contribution in [0.2, 0.25) is 0 Å². The van der Waals surface area contributed by atoms with E-state index in [1.807, 2.05) is 12.4 Å². The average Bonchev–Trinajstić information content (AvgIpc) is 2.42. The molecule has 2 rings (SSSR count). The molecule has 1 atom stereocenters. The number of pyridine rings is 1. The maximum atomic E-state index is 4.27. The van der Waals surface area contributed by atoms with Crippen LogP contribution >= 0.6 is 0 Å². The third-order valence-electron chi connectivity index (χ3n) is 3.97. The van der Waals surface area contributed by atoms with Crippen LogP contribution in [0.1, 0.15) is 39.7 Å². The van der Waals surface area contributed by atoms with Crippen molar-refractivity contribution in [2.24, 2.45) is 5.41 Å². The molecule has 108 valence electrons. The zero-order valence-electron chi connectivity index (χ0n) is 13.1. The summed E-state index contributed by atoms with van der Waals surface area (Å²) in [6.07, 6.45) is 6.11. The summed E-state index contributed by atoms with van der Waals surface area (Å²) in [5.74, 6) is 0. The monoisotopic (exact) mass is 270 g/mol. The highest BCUT2D eigenvalue weighted by molar-refractivity contribution is 5.84. The first-order valence-corrected chi connectivity index (χ1v) is 7.57. The Morgan fingerprint density at radius 1 is 1.20 bits per heavy atom. The minimum absolute atomic E-state index is 0.291. The fraction of sp³-hybridized carbons (Fsp3) is 0.500. The molecule has 0 amide bonds. The molecule has 0 aliphatic carbocycles. The molecule has 1 heterocycles. The van der Waals surface area contributed by atoms with Crippen molar-refractivity contribution in [3.63, 3.8) is 0 Å². The molecule has 20 heavy (non-hydrogen) atoms. The molecule has 0 bridgehead atoms. The van der Waals surface area contributed by atoms with Gasteiger partial charge in [-0.3, -0.25) is 4.98 Å². The Kier molecular flexibility index (Phi) is 4.77. The third-order valence-corrected chi connectivity index (χ3v) is 3.97. The molecule has 0 spiro atoms. The highest BCUT2D eigenvalue weighted by Gasteiger charge is 2.23. The van der Waals surface area contributed by atoms with E-state index in [0.717, 1.165) is 19.4 Å². The van der Waals surface area contributed by atoms with Gasteiger partial charge in [0.15, 0.2) is 0 Å². The quantitative estimate of drug-likeness (QED) is 0.881. The number of nitrogens with one attached hydrogen (secondary N) is 1. The number of fused-ring (bicyclic) bond motifs is 1. The standard InChI is InChI=1S/C18H26N2/c1-5-20-17(18(2,3)4)10-9-14-7-6-8-15-11-12-19-13-16(14)15/h6-8,11-13,17,20H,5,9-10H2,1-4H3. The number of nitrogens with zero attached hydrogens (tertiary/aromatic N) is 1. The zero-order valence-corrected chi connectivity index (χ0v) is 13.1. The summed E-state index contributed by atoms with van der Waals surface area (Å²) in [7, 11) is 0. The van der Waals surface area contributed by atoms with Gasteiger partial charge in [0, 0.05) is 23.8 Å². The summed E-state index contributed by atoms with van der Waals surface area (Å²) in [5, 5.41) is 6.20. The maximum absolute atomic E-state index is 4.27. The highest BCUT2D eigenvalue weighted by atomic mass is 14.9. The van der Waals surface area contributed by atoms with Gasteiger partial charge >= 0.3 is 0 Å². The van der Waals surface area contributed by atoms with Gasteiger partial charge in [-0.2, -0.15) is 0 Å². The molecular weight excluding hydrogens is 244 g/mol. The van der Waals surface area contributed by atoms with Gasteiger partial charge < -0.3 is 5.32 Å². The normalized spacial score (nSPS) is 13.6. The topological polar surface area (TPSA) is 24.9 Å². The second kappa shape index (κ2) is 6.36. The van der Waals surface area contributed by atoms with Crippen LogP contribution in [0.3, 0.4) is 0 Å². The Balaban J connectivity index is 2.16. The molecule has 0 radical (unpaired) electrons. The number of aryl methyl sites for hydroxylation is 1. The number of hydrogen-bond acceptors (Lipinski definition) is 2. The average molecular weight is 270 g/mol. The molecule has 2 nitrogen and oxygen atoms in total. The second-order valence-electron chi connectivity index (χ2n) is 6.53. The van der Waals surface area contributed by atoms with Gasteiger partial charge in [-0.25, -0.2) is 0 Å². The van der Waals surface area contributed by atoms with Crippen LogP contribution in [0.4, 0.5) is 0 Å². The first-order chi connectivity index (χ1) is 9.52. The summed E-state index contributed by atoms with van der Waals surface area (Å²) in [4.78, 5) is 4.27. The SMILES string of the molecule is CCNC(CCc1cccc2ccncc12)C(C)(C)C. The predicted octanol–water partition coefficient (Wildman–Crippen LogP) is 4.19. The van der Waals surface area contributed by atoms with E-state index in [1.54, 1.807) is 0 Å². The fourth-order valence-corrected chi connectivity index (χ4v) is 2.78. The number of rotatable bonds is 5. The molecule has 0 saturated carbocycles. The van der Waals surface area contributed by atoms with Crippen LogP contribution in [0, 0.1) is 5.41 Å². The van der Waals surface area contributed by atoms with Crippen molar-refractivity contribution in [2.75, 3.05) is 6.54 Å². The third kappa shape index (κ3) is 3.57. The lowest BCUT2D eigenvalue weighted by Gasteiger charge is -2.31. The van der Waals surface area contributed by atoms with Crippen LogP contribution in [-0.2, 0) is 6.42 Å². The van der Waals surface area contributed by atoms with Crippen molar-refractivity contribution in [1.82, 2.24) is 10.3 Å². The van der Waals surface area contributed by atoms with Gasteiger partial charge in [0.05, 0.1) is 0 Å². The molecule has 2 aromatic rings. The van der Waals surface area contributed by atoms with E-state index in [0.29, 0.717) is 11.5 Å². The molecular formula is C18H26N2. The lowest BCUT2D eigenvalue weighted by molar-refractivity contribution is 0.258. The lowest BCUT2D eigenvalue weighted by Crippen LogP contribution is -2.40. The Labute approximate surface area is 122 Å². The van der Waals surface area contributed by atoms with Crippen molar-refractivity contribution in [1.29, 1.82) is 0 Å². The summed E-state index contributed by atoms with van der Waals surface area (Å²) in [5.41, 5.74) is 1.70. The molecule has 1 aromatic carbocycles. The molecule has 1 unspecified atom stereocenters. The highest BCUT2D eigenvalue weighted by Crippen LogP contribution is 2.25. The van der Waals surface area contributed by atoms with E-state index in [2.05, 4.69) is 62.3 Å². The van der Waals surface area contributed by atoms with E-state index >= 15 is 0 Å². The van der Waals surface area contributed by atoms with Crippen molar-refractivity contribution >= 4 is 10.8 Å². The molecule has 2 heteroatoms. The molecule has 0 saturated heterocycles. The van der Waals surface area contributed by atoms with Crippen LogP contribution in [0.15, 0.2) is 36.7 Å². The largest absolute Gasteiger partial charge is 0.314 e. The van der Waals surface area contributed by atoms with Gasteiger partial charge in [0.1, 0.15) is 0 Å². The minimum atomic E-state index is 0.291. The fourth-order valence-electron chi connectivity index (χ4n) is 2.78. The van der Waals surface area contributed by atoms with Gasteiger partial charge in [-0.1, -0.05) is 45.9 Å². The Morgan fingerprint density at radius 2 is 2.00 bits per heavy atom. The van der Waals surface area contributed by atoms with Crippen molar-refractivity contribution < 1.29 is 0 Å². The lowest BCUT2D eigenvalue weighted by atomic mass is 9.83. The molecule has 1 aromatic heterocycles. The van der Waals surface area contributed by atoms with Crippen LogP contribution in [0.25, 0.3) is 10.8 Å². The first-order valence-electron chi connectivity index (χ1n) is 7.57. The molecule has 0 fully saturated rings. The van der Waals surface area contributed by atoms with Gasteiger partial charge in [0.2, 0.25) is 0 Å². The second-order valence-corrected chi connectivity index (χ2v) is 6.53. The molecule has 1 N–H and O–H groups in total. The summed E-state index contributed by atoms with van der Waals surface area (Å²) >= 11 is 0. The molecule has 0 aliphatic heterocycles. The summed E-state index contributed by atoms with van der Waals surface area (Å²) < 4.78 is 0. The van der Waals surface area contributed by atoms with Crippen molar-refractivity contribution in [3.8, 4) is 0 Å². The molecule has 0 aliphatic rings. The number of aromatic nitrogens is 1. The van der Waals surface area contributed by atoms with Crippen LogP contribution in [-0.4, -0.2) is 17.6 Å². The van der Waals surface area contributed by atoms with E-state index in [1.165, 1.54) is 16.3 Å². The Hall–Kier alpha value is -1.41. The van der Waals surface area contributed by atoms with E-state index in [-0.39, 0.29) is 0 Å². The van der Waals surface area contributed by atoms with Gasteiger partial charge in [-0.05, 0) is 41.8 Å². The number of hydrogen-bond donors (Lipinski definition) is 1. The van der Waals surface area contributed by atoms with Crippen LogP contribution in [0.5, 0.6) is 0 Å². The smallest absolute Gasteiger partial charge is 0.0349 e. The maximum Gasteiger partial charge on any atom is 0.0349 e. The Morgan fingerprint density at radius 3 is 2.70 bits per heavy atom. The van der Waals surface area contributed by atoms with E-state index in [4.69, 9.17) is 0 Å². The van der Waals surface area contributed by atoms with E-state index < -0.39 is 0 Å². The van der Waals surface area contributed by atoms with E-state index in [9.17, 15) is 0 Å². The van der Waals surface area contributed by atoms with Crippen molar-refractivity contribution in [2.45, 2.75) is 46.6 Å². The summed E-state index contributed by atoms with van der Waals surface area (Å²) in [6.45, 7) is 10.1.